The van der Waals surface area contributed by atoms with E-state index in [0.29, 0.717) is 37.8 Å². The highest BCUT2D eigenvalue weighted by Gasteiger charge is 2.26. The number of benzene rings is 1. The molecule has 166 valence electrons. The molecule has 2 aliphatic heterocycles. The average Bonchev–Trinajstić information content (AvgIpc) is 2.76. The maximum absolute atomic E-state index is 12.4. The van der Waals surface area contributed by atoms with Gasteiger partial charge in [0.25, 0.3) is 0 Å². The van der Waals surface area contributed by atoms with Gasteiger partial charge in [-0.2, -0.15) is 4.98 Å². The Kier molecular flexibility index (Phi) is 7.04. The fourth-order valence-electron chi connectivity index (χ4n) is 4.17. The van der Waals surface area contributed by atoms with Crippen molar-refractivity contribution in [3.8, 4) is 5.88 Å². The van der Waals surface area contributed by atoms with Gasteiger partial charge in [-0.05, 0) is 17.5 Å². The Balaban J connectivity index is 1.52. The summed E-state index contributed by atoms with van der Waals surface area (Å²) in [6, 6.07) is 10.5. The number of unbranched alkanes of at least 4 members (excludes halogenated alkanes) is 1. The number of rotatable bonds is 8. The van der Waals surface area contributed by atoms with Gasteiger partial charge in [0.1, 0.15) is 5.82 Å². The normalized spacial score (nSPS) is 16.9. The van der Waals surface area contributed by atoms with Crippen molar-refractivity contribution in [2.24, 2.45) is 0 Å². The van der Waals surface area contributed by atoms with Crippen molar-refractivity contribution in [2.75, 3.05) is 50.1 Å². The van der Waals surface area contributed by atoms with Crippen molar-refractivity contribution in [2.45, 2.75) is 39.3 Å². The van der Waals surface area contributed by atoms with E-state index in [1.54, 1.807) is 0 Å². The Bertz CT molecular complexity index is 912. The van der Waals surface area contributed by atoms with Crippen molar-refractivity contribution in [1.29, 1.82) is 0 Å². The summed E-state index contributed by atoms with van der Waals surface area (Å²) in [6.45, 7) is 8.19. The van der Waals surface area contributed by atoms with E-state index in [1.165, 1.54) is 11.1 Å². The number of ketones is 1. The number of carbonyl (C=O) groups is 1. The quantitative estimate of drug-likeness (QED) is 0.653. The molecule has 2 aromatic rings. The summed E-state index contributed by atoms with van der Waals surface area (Å²) in [4.78, 5) is 21.3. The molecule has 3 heterocycles. The molecule has 1 aromatic carbocycles. The van der Waals surface area contributed by atoms with Gasteiger partial charge >= 0.3 is 0 Å². The first kappa shape index (κ1) is 21.6. The first-order chi connectivity index (χ1) is 15.1. The summed E-state index contributed by atoms with van der Waals surface area (Å²) in [5, 5.41) is 0. The van der Waals surface area contributed by atoms with E-state index < -0.39 is 0 Å². The molecule has 0 radical (unpaired) electrons. The minimum atomic E-state index is 0.158. The fraction of sp³-hybridized carbons (Fsp3) is 0.500. The Morgan fingerprint density at radius 1 is 1.16 bits per heavy atom. The standard InChI is InChI=1S/C24H32N4O3/c1-2-3-9-31-23-14-22-21(24(25)26-23)13-20(29)17-28(22)16-19-6-4-5-18(12-19)15-27-7-10-30-11-8-27/h4-6,12,14H,2-3,7-11,13,15-17H2,1H3,(H2,25,26). The number of pyridine rings is 1. The monoisotopic (exact) mass is 424 g/mol. The molecule has 2 N–H and O–H groups in total. The second-order valence-corrected chi connectivity index (χ2v) is 8.33. The number of aromatic nitrogens is 1. The molecule has 1 fully saturated rings. The highest BCUT2D eigenvalue weighted by molar-refractivity contribution is 5.92. The number of anilines is 2. The summed E-state index contributed by atoms with van der Waals surface area (Å²) in [7, 11) is 0. The van der Waals surface area contributed by atoms with Gasteiger partial charge in [-0.15, -0.1) is 0 Å². The predicted molar refractivity (Wildman–Crippen MR) is 121 cm³/mol. The first-order valence-electron chi connectivity index (χ1n) is 11.2. The first-order valence-corrected chi connectivity index (χ1v) is 11.2. The number of fused-ring (bicyclic) bond motifs is 1. The van der Waals surface area contributed by atoms with Crippen LogP contribution in [0, 0.1) is 0 Å². The largest absolute Gasteiger partial charge is 0.478 e. The summed E-state index contributed by atoms with van der Waals surface area (Å²) >= 11 is 0. The topological polar surface area (TPSA) is 80.9 Å². The number of ether oxygens (including phenoxy) is 2. The van der Waals surface area contributed by atoms with Gasteiger partial charge in [-0.1, -0.05) is 37.6 Å². The minimum Gasteiger partial charge on any atom is -0.478 e. The van der Waals surface area contributed by atoms with Gasteiger partial charge in [0.2, 0.25) is 5.88 Å². The highest BCUT2D eigenvalue weighted by Crippen LogP contribution is 2.33. The van der Waals surface area contributed by atoms with Gasteiger partial charge in [0.05, 0.1) is 32.1 Å². The molecule has 1 saturated heterocycles. The van der Waals surface area contributed by atoms with E-state index in [9.17, 15) is 4.79 Å². The molecular formula is C24H32N4O3. The second kappa shape index (κ2) is 10.1. The number of nitrogen functional groups attached to an aromatic ring is 1. The Hall–Kier alpha value is -2.64. The van der Waals surface area contributed by atoms with E-state index in [-0.39, 0.29) is 5.78 Å². The van der Waals surface area contributed by atoms with Crippen LogP contribution in [0.15, 0.2) is 30.3 Å². The van der Waals surface area contributed by atoms with E-state index in [4.69, 9.17) is 15.2 Å². The van der Waals surface area contributed by atoms with Crippen LogP contribution in [0.25, 0.3) is 0 Å². The van der Waals surface area contributed by atoms with E-state index in [1.807, 2.05) is 6.07 Å². The molecule has 1 aromatic heterocycles. The van der Waals surface area contributed by atoms with Crippen LogP contribution < -0.4 is 15.4 Å². The number of carbonyl (C=O) groups excluding carboxylic acids is 1. The molecule has 31 heavy (non-hydrogen) atoms. The molecule has 7 heteroatoms. The van der Waals surface area contributed by atoms with Crippen LogP contribution in [-0.2, 0) is 29.0 Å². The molecular weight excluding hydrogens is 392 g/mol. The van der Waals surface area contributed by atoms with Crippen molar-refractivity contribution in [1.82, 2.24) is 9.88 Å². The molecule has 2 aliphatic rings. The summed E-state index contributed by atoms with van der Waals surface area (Å²) in [6.07, 6.45) is 2.36. The minimum absolute atomic E-state index is 0.158. The third kappa shape index (κ3) is 5.54. The smallest absolute Gasteiger partial charge is 0.217 e. The van der Waals surface area contributed by atoms with Gasteiger partial charge < -0.3 is 20.1 Å². The lowest BCUT2D eigenvalue weighted by atomic mass is 10.0. The number of nitrogens with zero attached hydrogens (tertiary/aromatic N) is 3. The Morgan fingerprint density at radius 2 is 1.94 bits per heavy atom. The van der Waals surface area contributed by atoms with Crippen LogP contribution in [0.5, 0.6) is 5.88 Å². The number of morpholine rings is 1. The molecule has 7 nitrogen and oxygen atoms in total. The predicted octanol–water partition coefficient (Wildman–Crippen LogP) is 2.81. The maximum Gasteiger partial charge on any atom is 0.217 e. The third-order valence-corrected chi connectivity index (χ3v) is 5.81. The summed E-state index contributed by atoms with van der Waals surface area (Å²) in [5.74, 6) is 1.08. The molecule has 0 bridgehead atoms. The molecule has 0 saturated carbocycles. The van der Waals surface area contributed by atoms with Gasteiger partial charge in [0, 0.05) is 44.2 Å². The van der Waals surface area contributed by atoms with E-state index >= 15 is 0 Å². The Labute approximate surface area is 184 Å². The summed E-state index contributed by atoms with van der Waals surface area (Å²) in [5.41, 5.74) is 10.4. The van der Waals surface area contributed by atoms with Crippen molar-refractivity contribution >= 4 is 17.3 Å². The Morgan fingerprint density at radius 3 is 2.71 bits per heavy atom. The maximum atomic E-state index is 12.4. The van der Waals surface area contributed by atoms with Gasteiger partial charge in [-0.3, -0.25) is 9.69 Å². The second-order valence-electron chi connectivity index (χ2n) is 8.33. The molecule has 0 aliphatic carbocycles. The average molecular weight is 425 g/mol. The third-order valence-electron chi connectivity index (χ3n) is 5.81. The lowest BCUT2D eigenvalue weighted by Crippen LogP contribution is -2.36. The zero-order chi connectivity index (χ0) is 21.6. The lowest BCUT2D eigenvalue weighted by Gasteiger charge is -2.31. The van der Waals surface area contributed by atoms with Crippen LogP contribution in [0.4, 0.5) is 11.5 Å². The molecule has 0 amide bonds. The highest BCUT2D eigenvalue weighted by atomic mass is 16.5. The van der Waals surface area contributed by atoms with Gasteiger partial charge in [-0.25, -0.2) is 0 Å². The van der Waals surface area contributed by atoms with Gasteiger partial charge in [0.15, 0.2) is 5.78 Å². The fourth-order valence-corrected chi connectivity index (χ4v) is 4.17. The lowest BCUT2D eigenvalue weighted by molar-refractivity contribution is -0.117. The molecule has 4 rings (SSSR count). The zero-order valence-electron chi connectivity index (χ0n) is 18.3. The number of hydrogen-bond acceptors (Lipinski definition) is 7. The molecule has 0 spiro atoms. The zero-order valence-corrected chi connectivity index (χ0v) is 18.3. The number of hydrogen-bond donors (Lipinski definition) is 1. The number of nitrogens with two attached hydrogens (primary N) is 1. The van der Waals surface area contributed by atoms with Crippen LogP contribution in [0.2, 0.25) is 0 Å². The molecule has 0 atom stereocenters. The van der Waals surface area contributed by atoms with Crippen LogP contribution in [0.3, 0.4) is 0 Å². The van der Waals surface area contributed by atoms with Crippen molar-refractivity contribution in [3.05, 3.63) is 47.0 Å². The van der Waals surface area contributed by atoms with Crippen LogP contribution >= 0.6 is 0 Å². The number of Topliss-reactive ketones (excluding diaryl/α,β-unsaturated/α-hetero) is 1. The van der Waals surface area contributed by atoms with E-state index in [2.05, 4.69) is 46.0 Å². The van der Waals surface area contributed by atoms with Crippen LogP contribution in [0.1, 0.15) is 36.5 Å². The van der Waals surface area contributed by atoms with E-state index in [0.717, 1.165) is 56.9 Å². The van der Waals surface area contributed by atoms with Crippen LogP contribution in [-0.4, -0.2) is 55.1 Å². The van der Waals surface area contributed by atoms with Crippen molar-refractivity contribution < 1.29 is 14.3 Å². The SMILES string of the molecule is CCCCOc1cc2c(c(N)n1)CC(=O)CN2Cc1cccc(CN2CCOCC2)c1. The van der Waals surface area contributed by atoms with Crippen molar-refractivity contribution in [3.63, 3.8) is 0 Å². The molecule has 0 unspecified atom stereocenters. The summed E-state index contributed by atoms with van der Waals surface area (Å²) < 4.78 is 11.3.